The van der Waals surface area contributed by atoms with Crippen LogP contribution in [0.1, 0.15) is 12.5 Å². The Hall–Kier alpha value is -2.44. The average Bonchev–Trinajstić information content (AvgIpc) is 2.62. The van der Waals surface area contributed by atoms with E-state index in [0.717, 1.165) is 5.56 Å². The number of esters is 1. The molecule has 144 valence electrons. The number of methoxy groups -OCH3 is 1. The lowest BCUT2D eigenvalue weighted by atomic mass is 10.2. The lowest BCUT2D eigenvalue weighted by molar-refractivity contribution is -0.155. The fourth-order valence-corrected chi connectivity index (χ4v) is 2.48. The highest BCUT2D eigenvalue weighted by atomic mass is 35.5. The van der Waals surface area contributed by atoms with Gasteiger partial charge in [-0.05, 0) is 43.7 Å². The second-order valence-corrected chi connectivity index (χ2v) is 6.51. The molecule has 0 spiro atoms. The summed E-state index contributed by atoms with van der Waals surface area (Å²) in [6, 6.07) is 9.88. The highest BCUT2D eigenvalue weighted by Gasteiger charge is 2.20. The molecule has 8 heteroatoms. The van der Waals surface area contributed by atoms with Crippen molar-refractivity contribution in [2.75, 3.05) is 19.0 Å². The first-order chi connectivity index (χ1) is 12.8. The third-order valence-electron chi connectivity index (χ3n) is 3.57. The molecule has 0 aromatic heterocycles. The molecular weight excluding hydrogens is 393 g/mol. The van der Waals surface area contributed by atoms with Gasteiger partial charge in [0.2, 0.25) is 0 Å². The van der Waals surface area contributed by atoms with E-state index < -0.39 is 18.0 Å². The maximum absolute atomic E-state index is 12.3. The summed E-state index contributed by atoms with van der Waals surface area (Å²) in [5.74, 6) is -0.359. The van der Waals surface area contributed by atoms with Gasteiger partial charge >= 0.3 is 5.97 Å². The van der Waals surface area contributed by atoms with Gasteiger partial charge in [-0.3, -0.25) is 4.79 Å². The molecule has 2 aromatic carbocycles. The molecule has 1 amide bonds. The first-order valence-electron chi connectivity index (χ1n) is 8.03. The lowest BCUT2D eigenvalue weighted by Crippen LogP contribution is -2.31. The molecule has 0 bridgehead atoms. The van der Waals surface area contributed by atoms with Crippen molar-refractivity contribution in [1.29, 1.82) is 0 Å². The summed E-state index contributed by atoms with van der Waals surface area (Å²) in [5.41, 5.74) is 1.20. The van der Waals surface area contributed by atoms with Crippen LogP contribution in [0.5, 0.6) is 11.5 Å². The molecule has 0 fully saturated rings. The van der Waals surface area contributed by atoms with Crippen molar-refractivity contribution in [2.24, 2.45) is 0 Å². The van der Waals surface area contributed by atoms with Crippen LogP contribution in [0, 0.1) is 6.92 Å². The number of amides is 1. The predicted molar refractivity (Wildman–Crippen MR) is 104 cm³/mol. The Morgan fingerprint density at radius 1 is 1.19 bits per heavy atom. The number of halogens is 2. The van der Waals surface area contributed by atoms with E-state index in [1.54, 1.807) is 43.3 Å². The maximum atomic E-state index is 12.3. The minimum absolute atomic E-state index is 0.346. The van der Waals surface area contributed by atoms with E-state index in [1.807, 2.05) is 0 Å². The van der Waals surface area contributed by atoms with Crippen molar-refractivity contribution in [3.63, 3.8) is 0 Å². The van der Waals surface area contributed by atoms with Crippen LogP contribution in [0.2, 0.25) is 10.0 Å². The monoisotopic (exact) mass is 411 g/mol. The molecule has 0 saturated heterocycles. The molecule has 2 rings (SSSR count). The Labute approximate surface area is 167 Å². The molecule has 0 aliphatic carbocycles. The highest BCUT2D eigenvalue weighted by molar-refractivity contribution is 6.31. The summed E-state index contributed by atoms with van der Waals surface area (Å²) in [4.78, 5) is 24.2. The molecule has 0 unspecified atom stereocenters. The summed E-state index contributed by atoms with van der Waals surface area (Å²) in [6.45, 7) is 2.91. The maximum Gasteiger partial charge on any atom is 0.344 e. The van der Waals surface area contributed by atoms with Crippen LogP contribution in [0.15, 0.2) is 36.4 Å². The molecule has 0 aliphatic heterocycles. The number of aryl methyl sites for hydroxylation is 1. The molecular formula is C19H19Cl2NO5. The van der Waals surface area contributed by atoms with Gasteiger partial charge in [-0.15, -0.1) is 0 Å². The Bertz CT molecular complexity index is 841. The van der Waals surface area contributed by atoms with Gasteiger partial charge in [0.25, 0.3) is 5.91 Å². The molecule has 1 N–H and O–H groups in total. The lowest BCUT2D eigenvalue weighted by Gasteiger charge is -2.16. The van der Waals surface area contributed by atoms with Crippen molar-refractivity contribution in [3.8, 4) is 11.5 Å². The summed E-state index contributed by atoms with van der Waals surface area (Å²) < 4.78 is 15.6. The van der Waals surface area contributed by atoms with Crippen molar-refractivity contribution < 1.29 is 23.8 Å². The first-order valence-corrected chi connectivity index (χ1v) is 8.78. The van der Waals surface area contributed by atoms with Crippen LogP contribution in [-0.2, 0) is 14.3 Å². The van der Waals surface area contributed by atoms with Gasteiger partial charge in [0.05, 0.1) is 12.8 Å². The molecule has 0 heterocycles. The second kappa shape index (κ2) is 9.48. The molecule has 1 atom stereocenters. The molecule has 2 aromatic rings. The first kappa shape index (κ1) is 20.9. The minimum Gasteiger partial charge on any atom is -0.495 e. The van der Waals surface area contributed by atoms with Gasteiger partial charge in [-0.25, -0.2) is 4.79 Å². The number of nitrogens with one attached hydrogen (secondary N) is 1. The van der Waals surface area contributed by atoms with Gasteiger partial charge < -0.3 is 19.5 Å². The number of ether oxygens (including phenoxy) is 3. The topological polar surface area (TPSA) is 73.9 Å². The fraction of sp³-hybridized carbons (Fsp3) is 0.263. The Morgan fingerprint density at radius 3 is 2.59 bits per heavy atom. The van der Waals surface area contributed by atoms with E-state index in [1.165, 1.54) is 14.0 Å². The minimum atomic E-state index is -1.03. The van der Waals surface area contributed by atoms with Crippen LogP contribution in [0.25, 0.3) is 0 Å². The van der Waals surface area contributed by atoms with E-state index in [9.17, 15) is 9.59 Å². The normalized spacial score (nSPS) is 11.4. The van der Waals surface area contributed by atoms with Crippen LogP contribution >= 0.6 is 23.2 Å². The molecule has 0 saturated carbocycles. The van der Waals surface area contributed by atoms with E-state index in [-0.39, 0.29) is 6.61 Å². The molecule has 27 heavy (non-hydrogen) atoms. The zero-order valence-corrected chi connectivity index (χ0v) is 16.6. The summed E-state index contributed by atoms with van der Waals surface area (Å²) >= 11 is 11.9. The van der Waals surface area contributed by atoms with E-state index in [2.05, 4.69) is 5.32 Å². The largest absolute Gasteiger partial charge is 0.495 e. The zero-order valence-electron chi connectivity index (χ0n) is 15.0. The van der Waals surface area contributed by atoms with Crippen molar-refractivity contribution in [1.82, 2.24) is 0 Å². The number of hydrogen-bond donors (Lipinski definition) is 1. The average molecular weight is 412 g/mol. The van der Waals surface area contributed by atoms with Crippen molar-refractivity contribution in [2.45, 2.75) is 20.0 Å². The fourth-order valence-electron chi connectivity index (χ4n) is 2.15. The van der Waals surface area contributed by atoms with Crippen LogP contribution in [-0.4, -0.2) is 31.7 Å². The van der Waals surface area contributed by atoms with Gasteiger partial charge in [0.15, 0.2) is 12.7 Å². The Balaban J connectivity index is 1.91. The number of carbonyl (C=O) groups is 2. The van der Waals surface area contributed by atoms with Gasteiger partial charge in [0, 0.05) is 16.1 Å². The van der Waals surface area contributed by atoms with Crippen molar-refractivity contribution >= 4 is 40.8 Å². The van der Waals surface area contributed by atoms with Crippen LogP contribution < -0.4 is 14.8 Å². The van der Waals surface area contributed by atoms with E-state index >= 15 is 0 Å². The predicted octanol–water partition coefficient (Wildman–Crippen LogP) is 4.26. The zero-order chi connectivity index (χ0) is 20.0. The number of anilines is 1. The van der Waals surface area contributed by atoms with Crippen molar-refractivity contribution in [3.05, 3.63) is 52.0 Å². The van der Waals surface area contributed by atoms with Gasteiger partial charge in [-0.1, -0.05) is 29.3 Å². The number of carbonyl (C=O) groups excluding carboxylic acids is 2. The second-order valence-electron chi connectivity index (χ2n) is 5.67. The molecule has 0 aliphatic rings. The number of rotatable bonds is 7. The Morgan fingerprint density at radius 2 is 1.93 bits per heavy atom. The SMILES string of the molecule is COc1cc(Cl)c(C)cc1NC(=O)[C@@H](C)OC(=O)COc1cccc(Cl)c1. The third-order valence-corrected chi connectivity index (χ3v) is 4.21. The molecule has 6 nitrogen and oxygen atoms in total. The third kappa shape index (κ3) is 6.05. The number of hydrogen-bond acceptors (Lipinski definition) is 5. The standard InChI is InChI=1S/C19H19Cl2NO5/c1-11-7-16(17(25-3)9-15(11)21)22-19(24)12(2)27-18(23)10-26-14-6-4-5-13(20)8-14/h4-9,12H,10H2,1-3H3,(H,22,24)/t12-/m1/s1. The number of benzene rings is 2. The van der Waals surface area contributed by atoms with Crippen LogP contribution in [0.3, 0.4) is 0 Å². The van der Waals surface area contributed by atoms with Crippen LogP contribution in [0.4, 0.5) is 5.69 Å². The van der Waals surface area contributed by atoms with E-state index in [0.29, 0.717) is 27.2 Å². The van der Waals surface area contributed by atoms with E-state index in [4.69, 9.17) is 37.4 Å². The summed E-state index contributed by atoms with van der Waals surface area (Å²) in [5, 5.41) is 3.66. The summed E-state index contributed by atoms with van der Waals surface area (Å²) in [6.07, 6.45) is -1.03. The smallest absolute Gasteiger partial charge is 0.344 e. The quantitative estimate of drug-likeness (QED) is 0.688. The van der Waals surface area contributed by atoms with Gasteiger partial charge in [0.1, 0.15) is 11.5 Å². The Kier molecular flexibility index (Phi) is 7.33. The highest BCUT2D eigenvalue weighted by Crippen LogP contribution is 2.31. The molecule has 0 radical (unpaired) electrons. The summed E-state index contributed by atoms with van der Waals surface area (Å²) in [7, 11) is 1.47. The van der Waals surface area contributed by atoms with Gasteiger partial charge in [-0.2, -0.15) is 0 Å².